The zero-order chi connectivity index (χ0) is 16.4. The van der Waals surface area contributed by atoms with Crippen molar-refractivity contribution in [1.82, 2.24) is 14.8 Å². The molecule has 6 heteroatoms. The molecule has 0 spiro atoms. The lowest BCUT2D eigenvalue weighted by atomic mass is 9.94. The van der Waals surface area contributed by atoms with Crippen LogP contribution in [0.4, 0.5) is 5.69 Å². The quantitative estimate of drug-likeness (QED) is 0.939. The van der Waals surface area contributed by atoms with Crippen molar-refractivity contribution in [3.05, 3.63) is 41.0 Å². The van der Waals surface area contributed by atoms with Crippen LogP contribution in [-0.4, -0.2) is 27.9 Å². The second-order valence-corrected chi connectivity index (χ2v) is 5.97. The van der Waals surface area contributed by atoms with Crippen molar-refractivity contribution in [3.8, 4) is 6.07 Å². The Balaban J connectivity index is 1.70. The molecule has 1 aliphatic rings. The highest BCUT2D eigenvalue weighted by atomic mass is 16.5. The summed E-state index contributed by atoms with van der Waals surface area (Å²) in [4.78, 5) is 4.08. The van der Waals surface area contributed by atoms with Gasteiger partial charge in [-0.2, -0.15) is 10.4 Å². The first-order valence-corrected chi connectivity index (χ1v) is 7.82. The largest absolute Gasteiger partial charge is 0.383 e. The molecule has 23 heavy (non-hydrogen) atoms. The van der Waals surface area contributed by atoms with Gasteiger partial charge in [-0.25, -0.2) is 4.98 Å². The number of ether oxygens (including phenoxy) is 1. The van der Waals surface area contributed by atoms with E-state index in [9.17, 15) is 0 Å². The van der Waals surface area contributed by atoms with Crippen LogP contribution in [-0.2, 0) is 11.8 Å². The third-order valence-corrected chi connectivity index (χ3v) is 4.51. The lowest BCUT2D eigenvalue weighted by Gasteiger charge is -2.20. The summed E-state index contributed by atoms with van der Waals surface area (Å²) in [6.07, 6.45) is 2.81. The maximum Gasteiger partial charge on any atom is 0.140 e. The standard InChI is InChI=1S/C17H21N5O/c1-11-16(12(2)22(3)21-11)17-13(6-7-23-17)9-19-15-5-4-14(8-18)20-10-15/h4-5,10,13,17,19H,6-7,9H2,1-3H3/t13-,17+/m1/s1. The van der Waals surface area contributed by atoms with Gasteiger partial charge in [-0.05, 0) is 32.4 Å². The summed E-state index contributed by atoms with van der Waals surface area (Å²) in [6, 6.07) is 5.64. The molecule has 2 atom stereocenters. The van der Waals surface area contributed by atoms with Crippen LogP contribution >= 0.6 is 0 Å². The number of rotatable bonds is 4. The smallest absolute Gasteiger partial charge is 0.140 e. The second-order valence-electron chi connectivity index (χ2n) is 5.97. The molecule has 3 rings (SSSR count). The van der Waals surface area contributed by atoms with E-state index in [-0.39, 0.29) is 6.10 Å². The third-order valence-electron chi connectivity index (χ3n) is 4.51. The van der Waals surface area contributed by atoms with Crippen LogP contribution < -0.4 is 5.32 Å². The number of pyridine rings is 1. The van der Waals surface area contributed by atoms with Gasteiger partial charge in [-0.15, -0.1) is 0 Å². The number of aromatic nitrogens is 3. The van der Waals surface area contributed by atoms with E-state index in [2.05, 4.69) is 22.3 Å². The molecule has 1 saturated heterocycles. The number of aryl methyl sites for hydroxylation is 2. The molecule has 120 valence electrons. The van der Waals surface area contributed by atoms with Gasteiger partial charge in [0.05, 0.1) is 23.7 Å². The van der Waals surface area contributed by atoms with E-state index in [4.69, 9.17) is 10.00 Å². The molecule has 2 aromatic heterocycles. The van der Waals surface area contributed by atoms with Gasteiger partial charge in [0.15, 0.2) is 0 Å². The highest BCUT2D eigenvalue weighted by molar-refractivity contribution is 5.43. The Hall–Kier alpha value is -2.39. The van der Waals surface area contributed by atoms with Gasteiger partial charge in [-0.1, -0.05) is 0 Å². The fourth-order valence-electron chi connectivity index (χ4n) is 3.18. The normalized spacial score (nSPS) is 20.4. The summed E-state index contributed by atoms with van der Waals surface area (Å²) in [5.41, 5.74) is 4.78. The molecule has 1 aliphatic heterocycles. The summed E-state index contributed by atoms with van der Waals surface area (Å²) in [7, 11) is 1.97. The number of nitrogens with one attached hydrogen (secondary N) is 1. The maximum absolute atomic E-state index is 8.79. The summed E-state index contributed by atoms with van der Waals surface area (Å²) in [6.45, 7) is 5.72. The lowest BCUT2D eigenvalue weighted by molar-refractivity contribution is 0.0922. The van der Waals surface area contributed by atoms with Crippen molar-refractivity contribution < 1.29 is 4.74 Å². The lowest BCUT2D eigenvalue weighted by Crippen LogP contribution is -2.19. The third kappa shape index (κ3) is 3.06. The zero-order valence-corrected chi connectivity index (χ0v) is 13.7. The first-order valence-electron chi connectivity index (χ1n) is 7.82. The van der Waals surface area contributed by atoms with Gasteiger partial charge in [0.1, 0.15) is 11.8 Å². The monoisotopic (exact) mass is 311 g/mol. The molecule has 0 radical (unpaired) electrons. The van der Waals surface area contributed by atoms with Gasteiger partial charge < -0.3 is 10.1 Å². The summed E-state index contributed by atoms with van der Waals surface area (Å²) in [5.74, 6) is 0.396. The van der Waals surface area contributed by atoms with Crippen molar-refractivity contribution in [2.75, 3.05) is 18.5 Å². The fraction of sp³-hybridized carbons (Fsp3) is 0.471. The van der Waals surface area contributed by atoms with Crippen molar-refractivity contribution in [2.45, 2.75) is 26.4 Å². The minimum atomic E-state index is 0.0857. The first-order chi connectivity index (χ1) is 11.1. The van der Waals surface area contributed by atoms with Crippen molar-refractivity contribution in [2.24, 2.45) is 13.0 Å². The Kier molecular flexibility index (Phi) is 4.30. The predicted octanol–water partition coefficient (Wildman–Crippen LogP) is 2.49. The molecule has 0 bridgehead atoms. The Morgan fingerprint density at radius 3 is 2.87 bits per heavy atom. The number of nitriles is 1. The molecule has 2 aromatic rings. The maximum atomic E-state index is 8.79. The van der Waals surface area contributed by atoms with E-state index < -0.39 is 0 Å². The molecule has 0 aliphatic carbocycles. The van der Waals surface area contributed by atoms with E-state index in [0.29, 0.717) is 11.6 Å². The van der Waals surface area contributed by atoms with Crippen LogP contribution in [0.2, 0.25) is 0 Å². The van der Waals surface area contributed by atoms with Gasteiger partial charge in [0, 0.05) is 37.4 Å². The zero-order valence-electron chi connectivity index (χ0n) is 13.7. The van der Waals surface area contributed by atoms with Crippen LogP contribution in [0.15, 0.2) is 18.3 Å². The van der Waals surface area contributed by atoms with Gasteiger partial charge in [0.2, 0.25) is 0 Å². The highest BCUT2D eigenvalue weighted by Crippen LogP contribution is 2.37. The van der Waals surface area contributed by atoms with Gasteiger partial charge in [0.25, 0.3) is 0 Å². The average molecular weight is 311 g/mol. The number of hydrogen-bond donors (Lipinski definition) is 1. The number of anilines is 1. The van der Waals surface area contributed by atoms with Crippen molar-refractivity contribution >= 4 is 5.69 Å². The number of nitrogens with zero attached hydrogens (tertiary/aromatic N) is 4. The Morgan fingerprint density at radius 1 is 1.43 bits per heavy atom. The van der Waals surface area contributed by atoms with Crippen LogP contribution in [0.5, 0.6) is 0 Å². The van der Waals surface area contributed by atoms with Crippen molar-refractivity contribution in [3.63, 3.8) is 0 Å². The summed E-state index contributed by atoms with van der Waals surface area (Å²) in [5, 5.41) is 16.7. The molecular formula is C17H21N5O. The van der Waals surface area contributed by atoms with E-state index >= 15 is 0 Å². The Morgan fingerprint density at radius 2 is 2.26 bits per heavy atom. The van der Waals surface area contributed by atoms with Crippen molar-refractivity contribution in [1.29, 1.82) is 5.26 Å². The Bertz CT molecular complexity index is 729. The molecule has 0 aromatic carbocycles. The van der Waals surface area contributed by atoms with E-state index in [1.54, 1.807) is 12.3 Å². The molecule has 1 fully saturated rings. The van der Waals surface area contributed by atoms with Crippen LogP contribution in [0, 0.1) is 31.1 Å². The average Bonchev–Trinajstić information content (AvgIpc) is 3.10. The molecule has 1 N–H and O–H groups in total. The van der Waals surface area contributed by atoms with Crippen LogP contribution in [0.3, 0.4) is 0 Å². The molecule has 3 heterocycles. The first kappa shape index (κ1) is 15.5. The SMILES string of the molecule is Cc1nn(C)c(C)c1[C@H]1OCC[C@@H]1CNc1ccc(C#N)nc1. The minimum absolute atomic E-state index is 0.0857. The highest BCUT2D eigenvalue weighted by Gasteiger charge is 2.33. The molecule has 0 amide bonds. The topological polar surface area (TPSA) is 75.8 Å². The van der Waals surface area contributed by atoms with E-state index in [1.807, 2.05) is 30.8 Å². The van der Waals surface area contributed by atoms with Crippen LogP contribution in [0.1, 0.15) is 35.2 Å². The minimum Gasteiger partial charge on any atom is -0.383 e. The van der Waals surface area contributed by atoms with E-state index in [1.165, 1.54) is 11.3 Å². The Labute approximate surface area is 136 Å². The van der Waals surface area contributed by atoms with Crippen LogP contribution in [0.25, 0.3) is 0 Å². The predicted molar refractivity (Wildman–Crippen MR) is 86.9 cm³/mol. The van der Waals surface area contributed by atoms with E-state index in [0.717, 1.165) is 31.0 Å². The van der Waals surface area contributed by atoms with Gasteiger partial charge >= 0.3 is 0 Å². The summed E-state index contributed by atoms with van der Waals surface area (Å²) >= 11 is 0. The number of hydrogen-bond acceptors (Lipinski definition) is 5. The second kappa shape index (κ2) is 6.39. The molecule has 0 saturated carbocycles. The molecular weight excluding hydrogens is 290 g/mol. The molecule has 6 nitrogen and oxygen atoms in total. The fourth-order valence-corrected chi connectivity index (χ4v) is 3.18. The summed E-state index contributed by atoms with van der Waals surface area (Å²) < 4.78 is 7.92. The molecule has 0 unspecified atom stereocenters. The van der Waals surface area contributed by atoms with Gasteiger partial charge in [-0.3, -0.25) is 4.68 Å².